The first-order valence-electron chi connectivity index (χ1n) is 6.21. The molecule has 0 aliphatic rings. The van der Waals surface area contributed by atoms with E-state index in [4.69, 9.17) is 0 Å². The minimum Gasteiger partial charge on any atom is -0.321 e. The topological polar surface area (TPSA) is 66.5 Å². The zero-order valence-corrected chi connectivity index (χ0v) is 13.6. The van der Waals surface area contributed by atoms with Gasteiger partial charge in [0.1, 0.15) is 0 Å². The Balaban J connectivity index is 2.29. The van der Waals surface area contributed by atoms with E-state index < -0.39 is 10.0 Å². The Morgan fingerprint density at radius 1 is 1.19 bits per heavy atom. The van der Waals surface area contributed by atoms with Crippen molar-refractivity contribution < 1.29 is 13.2 Å². The molecule has 0 bridgehead atoms. The molecule has 1 heterocycles. The number of hydrogen-bond acceptors (Lipinski definition) is 4. The van der Waals surface area contributed by atoms with Crippen molar-refractivity contribution in [2.75, 3.05) is 19.4 Å². The Kier molecular flexibility index (Phi) is 4.46. The van der Waals surface area contributed by atoms with Crippen LogP contribution in [0.25, 0.3) is 0 Å². The van der Waals surface area contributed by atoms with E-state index in [0.717, 1.165) is 4.31 Å². The fourth-order valence-corrected chi connectivity index (χ4v) is 4.09. The van der Waals surface area contributed by atoms with Crippen LogP contribution in [0.4, 0.5) is 5.69 Å². The average molecular weight is 324 g/mol. The number of amides is 1. The van der Waals surface area contributed by atoms with Crippen LogP contribution < -0.4 is 5.32 Å². The molecule has 0 saturated heterocycles. The molecule has 112 valence electrons. The molecule has 0 spiro atoms. The van der Waals surface area contributed by atoms with Crippen molar-refractivity contribution in [3.8, 4) is 0 Å². The van der Waals surface area contributed by atoms with E-state index in [-0.39, 0.29) is 10.8 Å². The SMILES string of the molecule is Cc1sc(C(=O)Nc2ccccc2)cc1S(=O)(=O)N(C)C. The summed E-state index contributed by atoms with van der Waals surface area (Å²) in [5.41, 5.74) is 0.672. The molecule has 5 nitrogen and oxygen atoms in total. The van der Waals surface area contributed by atoms with Crippen LogP contribution in [0, 0.1) is 6.92 Å². The summed E-state index contributed by atoms with van der Waals surface area (Å²) in [7, 11) is -0.593. The molecule has 2 aromatic rings. The highest BCUT2D eigenvalue weighted by Gasteiger charge is 2.24. The number of anilines is 1. The fourth-order valence-electron chi connectivity index (χ4n) is 1.74. The Morgan fingerprint density at radius 2 is 1.81 bits per heavy atom. The Bertz CT molecular complexity index is 750. The second-order valence-electron chi connectivity index (χ2n) is 4.64. The number of para-hydroxylation sites is 1. The fraction of sp³-hybridized carbons (Fsp3) is 0.214. The molecule has 0 aliphatic carbocycles. The smallest absolute Gasteiger partial charge is 0.265 e. The lowest BCUT2D eigenvalue weighted by molar-refractivity contribution is 0.103. The molecule has 1 amide bonds. The Labute approximate surface area is 128 Å². The van der Waals surface area contributed by atoms with Crippen molar-refractivity contribution in [1.82, 2.24) is 4.31 Å². The zero-order valence-electron chi connectivity index (χ0n) is 12.0. The number of nitrogens with zero attached hydrogens (tertiary/aromatic N) is 1. The van der Waals surface area contributed by atoms with E-state index in [9.17, 15) is 13.2 Å². The van der Waals surface area contributed by atoms with Crippen molar-refractivity contribution in [2.24, 2.45) is 0 Å². The maximum absolute atomic E-state index is 12.2. The van der Waals surface area contributed by atoms with Crippen LogP contribution in [0.1, 0.15) is 14.5 Å². The third-order valence-corrected chi connectivity index (χ3v) is 6.01. The van der Waals surface area contributed by atoms with Crippen LogP contribution in [-0.4, -0.2) is 32.7 Å². The molecule has 1 N–H and O–H groups in total. The molecule has 7 heteroatoms. The molecule has 2 rings (SSSR count). The Morgan fingerprint density at radius 3 is 2.38 bits per heavy atom. The number of thiophene rings is 1. The van der Waals surface area contributed by atoms with E-state index in [1.54, 1.807) is 19.1 Å². The van der Waals surface area contributed by atoms with Gasteiger partial charge in [0.2, 0.25) is 10.0 Å². The van der Waals surface area contributed by atoms with Gasteiger partial charge in [-0.25, -0.2) is 12.7 Å². The predicted molar refractivity (Wildman–Crippen MR) is 84.3 cm³/mol. The van der Waals surface area contributed by atoms with Gasteiger partial charge in [-0.3, -0.25) is 4.79 Å². The molecule has 0 aliphatic heterocycles. The molecule has 0 unspecified atom stereocenters. The molecular weight excluding hydrogens is 308 g/mol. The summed E-state index contributed by atoms with van der Waals surface area (Å²) in [6, 6.07) is 10.5. The highest BCUT2D eigenvalue weighted by atomic mass is 32.2. The van der Waals surface area contributed by atoms with Gasteiger partial charge in [-0.1, -0.05) is 18.2 Å². The van der Waals surface area contributed by atoms with Crippen molar-refractivity contribution in [3.63, 3.8) is 0 Å². The quantitative estimate of drug-likeness (QED) is 0.940. The molecule has 0 atom stereocenters. The van der Waals surface area contributed by atoms with E-state index in [1.807, 2.05) is 18.2 Å². The van der Waals surface area contributed by atoms with Crippen LogP contribution in [0.2, 0.25) is 0 Å². The maximum atomic E-state index is 12.2. The van der Waals surface area contributed by atoms with Crippen molar-refractivity contribution >= 4 is 33.0 Å². The molecule has 1 aromatic carbocycles. The first-order chi connectivity index (χ1) is 9.82. The van der Waals surface area contributed by atoms with E-state index in [2.05, 4.69) is 5.32 Å². The van der Waals surface area contributed by atoms with E-state index in [1.165, 1.54) is 31.5 Å². The minimum absolute atomic E-state index is 0.177. The summed E-state index contributed by atoms with van der Waals surface area (Å²) in [5, 5.41) is 2.74. The molecule has 1 aromatic heterocycles. The number of carbonyl (C=O) groups is 1. The number of benzene rings is 1. The molecular formula is C14H16N2O3S2. The zero-order chi connectivity index (χ0) is 15.6. The Hall–Kier alpha value is -1.70. The predicted octanol–water partition coefficient (Wildman–Crippen LogP) is 2.56. The summed E-state index contributed by atoms with van der Waals surface area (Å²) >= 11 is 1.17. The largest absolute Gasteiger partial charge is 0.321 e. The highest BCUT2D eigenvalue weighted by Crippen LogP contribution is 2.28. The van der Waals surface area contributed by atoms with Crippen molar-refractivity contribution in [2.45, 2.75) is 11.8 Å². The summed E-state index contributed by atoms with van der Waals surface area (Å²) in [6.45, 7) is 1.69. The van der Waals surface area contributed by atoms with E-state index in [0.29, 0.717) is 15.4 Å². The number of nitrogens with one attached hydrogen (secondary N) is 1. The van der Waals surface area contributed by atoms with Crippen molar-refractivity contribution in [3.05, 3.63) is 46.2 Å². The number of sulfonamides is 1. The lowest BCUT2D eigenvalue weighted by atomic mass is 10.3. The normalized spacial score (nSPS) is 11.6. The summed E-state index contributed by atoms with van der Waals surface area (Å²) < 4.78 is 25.4. The maximum Gasteiger partial charge on any atom is 0.265 e. The van der Waals surface area contributed by atoms with Crippen LogP contribution in [-0.2, 0) is 10.0 Å². The van der Waals surface area contributed by atoms with Gasteiger partial charge in [-0.05, 0) is 25.1 Å². The third-order valence-electron chi connectivity index (χ3n) is 2.89. The van der Waals surface area contributed by atoms with Crippen LogP contribution in [0.3, 0.4) is 0 Å². The lowest BCUT2D eigenvalue weighted by Gasteiger charge is -2.10. The summed E-state index contributed by atoms with van der Waals surface area (Å²) in [5.74, 6) is -0.311. The second kappa shape index (κ2) is 5.97. The van der Waals surface area contributed by atoms with Crippen LogP contribution in [0.15, 0.2) is 41.3 Å². The number of aryl methyl sites for hydroxylation is 1. The monoisotopic (exact) mass is 324 g/mol. The van der Waals surface area contributed by atoms with Gasteiger partial charge in [0.25, 0.3) is 5.91 Å². The number of rotatable bonds is 4. The van der Waals surface area contributed by atoms with Crippen LogP contribution in [0.5, 0.6) is 0 Å². The van der Waals surface area contributed by atoms with Crippen LogP contribution >= 0.6 is 11.3 Å². The number of hydrogen-bond donors (Lipinski definition) is 1. The third kappa shape index (κ3) is 3.31. The lowest BCUT2D eigenvalue weighted by Crippen LogP contribution is -2.22. The van der Waals surface area contributed by atoms with E-state index >= 15 is 0 Å². The molecule has 0 fully saturated rings. The van der Waals surface area contributed by atoms with Gasteiger partial charge >= 0.3 is 0 Å². The van der Waals surface area contributed by atoms with Gasteiger partial charge in [0, 0.05) is 24.7 Å². The van der Waals surface area contributed by atoms with Crippen molar-refractivity contribution in [1.29, 1.82) is 0 Å². The van der Waals surface area contributed by atoms with Gasteiger partial charge in [-0.15, -0.1) is 11.3 Å². The minimum atomic E-state index is -3.53. The molecule has 0 saturated carbocycles. The van der Waals surface area contributed by atoms with Gasteiger partial charge in [0.15, 0.2) is 0 Å². The molecule has 21 heavy (non-hydrogen) atoms. The second-order valence-corrected chi connectivity index (χ2v) is 8.02. The first kappa shape index (κ1) is 15.7. The van der Waals surface area contributed by atoms with Gasteiger partial charge < -0.3 is 5.32 Å². The highest BCUT2D eigenvalue weighted by molar-refractivity contribution is 7.89. The average Bonchev–Trinajstić information content (AvgIpc) is 2.82. The first-order valence-corrected chi connectivity index (χ1v) is 8.47. The summed E-state index contributed by atoms with van der Waals surface area (Å²) in [4.78, 5) is 13.3. The summed E-state index contributed by atoms with van der Waals surface area (Å²) in [6.07, 6.45) is 0. The van der Waals surface area contributed by atoms with Gasteiger partial charge in [-0.2, -0.15) is 0 Å². The van der Waals surface area contributed by atoms with Gasteiger partial charge in [0.05, 0.1) is 9.77 Å². The number of carbonyl (C=O) groups excluding carboxylic acids is 1. The molecule has 0 radical (unpaired) electrons. The standard InChI is InChI=1S/C14H16N2O3S2/c1-10-13(21(18,19)16(2)3)9-12(20-10)14(17)15-11-7-5-4-6-8-11/h4-9H,1-3H3,(H,15,17).